The van der Waals surface area contributed by atoms with Crippen molar-refractivity contribution in [3.8, 4) is 0 Å². The fourth-order valence-electron chi connectivity index (χ4n) is 3.68. The topological polar surface area (TPSA) is 61.4 Å². The van der Waals surface area contributed by atoms with Crippen LogP contribution in [0.4, 0.5) is 5.82 Å². The van der Waals surface area contributed by atoms with Crippen LogP contribution in [0.5, 0.6) is 0 Å². The summed E-state index contributed by atoms with van der Waals surface area (Å²) in [6.45, 7) is 8.48. The third kappa shape index (κ3) is 4.38. The third-order valence-electron chi connectivity index (χ3n) is 5.43. The van der Waals surface area contributed by atoms with Crippen LogP contribution in [0.25, 0.3) is 10.9 Å². The maximum atomic E-state index is 12.9. The molecule has 6 nitrogen and oxygen atoms in total. The summed E-state index contributed by atoms with van der Waals surface area (Å²) in [5.74, 6) is 0.911. The van der Waals surface area contributed by atoms with Crippen LogP contribution in [0.2, 0.25) is 0 Å². The summed E-state index contributed by atoms with van der Waals surface area (Å²) < 4.78 is 0. The Morgan fingerprint density at radius 1 is 1.07 bits per heavy atom. The van der Waals surface area contributed by atoms with E-state index in [2.05, 4.69) is 32.1 Å². The van der Waals surface area contributed by atoms with Crippen LogP contribution >= 0.6 is 0 Å². The molecule has 150 valence electrons. The van der Waals surface area contributed by atoms with Gasteiger partial charge in [0.2, 0.25) is 0 Å². The Hall–Kier alpha value is -2.99. The van der Waals surface area contributed by atoms with Crippen LogP contribution in [-0.4, -0.2) is 54.0 Å². The molecule has 1 fully saturated rings. The third-order valence-corrected chi connectivity index (χ3v) is 5.43. The van der Waals surface area contributed by atoms with E-state index in [0.29, 0.717) is 12.1 Å². The molecule has 29 heavy (non-hydrogen) atoms. The summed E-state index contributed by atoms with van der Waals surface area (Å²) in [5.41, 5.74) is 4.45. The van der Waals surface area contributed by atoms with Crippen LogP contribution in [0.3, 0.4) is 0 Å². The van der Waals surface area contributed by atoms with E-state index in [1.54, 1.807) is 0 Å². The summed E-state index contributed by atoms with van der Waals surface area (Å²) >= 11 is 0. The summed E-state index contributed by atoms with van der Waals surface area (Å²) in [4.78, 5) is 26.6. The predicted molar refractivity (Wildman–Crippen MR) is 116 cm³/mol. The highest BCUT2D eigenvalue weighted by molar-refractivity contribution is 6.06. The largest absolute Gasteiger partial charge is 0.354 e. The lowest BCUT2D eigenvalue weighted by Crippen LogP contribution is -2.44. The first-order valence-corrected chi connectivity index (χ1v) is 10.0. The second-order valence-corrected chi connectivity index (χ2v) is 7.83. The molecule has 0 radical (unpaired) electrons. The van der Waals surface area contributed by atoms with Crippen molar-refractivity contribution >= 4 is 22.6 Å². The predicted octanol–water partition coefficient (Wildman–Crippen LogP) is 2.93. The van der Waals surface area contributed by atoms with E-state index in [-0.39, 0.29) is 5.91 Å². The van der Waals surface area contributed by atoms with Gasteiger partial charge in [-0.05, 0) is 50.7 Å². The van der Waals surface area contributed by atoms with Gasteiger partial charge in [0.25, 0.3) is 5.91 Å². The zero-order valence-electron chi connectivity index (χ0n) is 17.3. The van der Waals surface area contributed by atoms with E-state index in [0.717, 1.165) is 59.7 Å². The number of nitrogens with zero attached hydrogens (tertiary/aromatic N) is 4. The first-order chi connectivity index (χ1) is 14.0. The number of carbonyl (C=O) groups excluding carboxylic acids is 1. The Balaban J connectivity index is 1.45. The van der Waals surface area contributed by atoms with Crippen LogP contribution < -0.4 is 10.2 Å². The van der Waals surface area contributed by atoms with Gasteiger partial charge in [0.15, 0.2) is 0 Å². The van der Waals surface area contributed by atoms with Gasteiger partial charge in [0.1, 0.15) is 5.82 Å². The molecule has 1 aliphatic heterocycles. The van der Waals surface area contributed by atoms with Crippen LogP contribution in [-0.2, 0) is 6.54 Å². The first-order valence-electron chi connectivity index (χ1n) is 10.0. The minimum Gasteiger partial charge on any atom is -0.354 e. The molecule has 6 heteroatoms. The number of piperazine rings is 1. The number of aryl methyl sites for hydroxylation is 2. The smallest absolute Gasteiger partial charge is 0.252 e. The number of fused-ring (bicyclic) bond motifs is 1. The summed E-state index contributed by atoms with van der Waals surface area (Å²) in [6, 6.07) is 11.9. The SMILES string of the molecule is Cc1ccc2nc(C)cc(C(=O)NCc3ccc(N4CCN(C)CC4)nc3)c2c1. The van der Waals surface area contributed by atoms with E-state index < -0.39 is 0 Å². The molecule has 3 heterocycles. The molecule has 1 N–H and O–H groups in total. The normalized spacial score (nSPS) is 14.9. The average Bonchev–Trinajstić information content (AvgIpc) is 2.73. The number of pyridine rings is 2. The molecule has 0 saturated carbocycles. The van der Waals surface area contributed by atoms with E-state index in [9.17, 15) is 4.79 Å². The lowest BCUT2D eigenvalue weighted by atomic mass is 10.0. The number of hydrogen-bond acceptors (Lipinski definition) is 5. The van der Waals surface area contributed by atoms with Crippen molar-refractivity contribution in [3.05, 3.63) is 65.0 Å². The molecule has 4 rings (SSSR count). The molecule has 1 amide bonds. The van der Waals surface area contributed by atoms with Gasteiger partial charge >= 0.3 is 0 Å². The molecule has 1 aliphatic rings. The standard InChI is InChI=1S/C23H27N5O/c1-16-4-6-21-19(12-16)20(13-17(2)26-21)23(29)25-15-18-5-7-22(24-14-18)28-10-8-27(3)9-11-28/h4-7,12-14H,8-11,15H2,1-3H3,(H,25,29). The zero-order chi connectivity index (χ0) is 20.4. The Morgan fingerprint density at radius 3 is 2.59 bits per heavy atom. The lowest BCUT2D eigenvalue weighted by Gasteiger charge is -2.33. The minimum absolute atomic E-state index is 0.0887. The van der Waals surface area contributed by atoms with E-state index in [1.807, 2.05) is 56.4 Å². The zero-order valence-corrected chi connectivity index (χ0v) is 17.3. The van der Waals surface area contributed by atoms with Crippen molar-refractivity contribution in [2.45, 2.75) is 20.4 Å². The van der Waals surface area contributed by atoms with Crippen molar-refractivity contribution < 1.29 is 4.79 Å². The lowest BCUT2D eigenvalue weighted by molar-refractivity contribution is 0.0952. The number of rotatable bonds is 4. The molecule has 0 atom stereocenters. The van der Waals surface area contributed by atoms with Gasteiger partial charge in [-0.15, -0.1) is 0 Å². The van der Waals surface area contributed by atoms with Gasteiger partial charge in [0.05, 0.1) is 11.1 Å². The summed E-state index contributed by atoms with van der Waals surface area (Å²) in [5, 5.41) is 3.92. The monoisotopic (exact) mass is 389 g/mol. The fraction of sp³-hybridized carbons (Fsp3) is 0.348. The number of nitrogens with one attached hydrogen (secondary N) is 1. The number of hydrogen-bond donors (Lipinski definition) is 1. The van der Waals surface area contributed by atoms with Gasteiger partial charge in [-0.1, -0.05) is 17.7 Å². The quantitative estimate of drug-likeness (QED) is 0.743. The molecule has 0 spiro atoms. The van der Waals surface area contributed by atoms with Crippen molar-refractivity contribution in [1.29, 1.82) is 0 Å². The number of likely N-dealkylation sites (N-methyl/N-ethyl adjacent to an activating group) is 1. The number of aromatic nitrogens is 2. The van der Waals surface area contributed by atoms with Gasteiger partial charge in [-0.2, -0.15) is 0 Å². The van der Waals surface area contributed by atoms with E-state index >= 15 is 0 Å². The molecule has 3 aromatic rings. The van der Waals surface area contributed by atoms with Crippen molar-refractivity contribution in [1.82, 2.24) is 20.2 Å². The molecular formula is C23H27N5O. The second-order valence-electron chi connectivity index (χ2n) is 7.83. The molecular weight excluding hydrogens is 362 g/mol. The highest BCUT2D eigenvalue weighted by Crippen LogP contribution is 2.20. The molecule has 2 aromatic heterocycles. The van der Waals surface area contributed by atoms with E-state index in [4.69, 9.17) is 0 Å². The fourth-order valence-corrected chi connectivity index (χ4v) is 3.68. The molecule has 0 bridgehead atoms. The van der Waals surface area contributed by atoms with Gasteiger partial charge in [-0.25, -0.2) is 4.98 Å². The Kier molecular flexibility index (Phi) is 5.45. The maximum absolute atomic E-state index is 12.9. The first kappa shape index (κ1) is 19.3. The van der Waals surface area contributed by atoms with Gasteiger partial charge in [-0.3, -0.25) is 9.78 Å². The Labute approximate surface area is 171 Å². The van der Waals surface area contributed by atoms with Crippen LogP contribution in [0.15, 0.2) is 42.6 Å². The highest BCUT2D eigenvalue weighted by Gasteiger charge is 2.15. The number of carbonyl (C=O) groups is 1. The van der Waals surface area contributed by atoms with Gasteiger partial charge < -0.3 is 15.1 Å². The highest BCUT2D eigenvalue weighted by atomic mass is 16.1. The van der Waals surface area contributed by atoms with Crippen molar-refractivity contribution in [2.24, 2.45) is 0 Å². The number of benzene rings is 1. The van der Waals surface area contributed by atoms with Crippen molar-refractivity contribution in [2.75, 3.05) is 38.1 Å². The van der Waals surface area contributed by atoms with Gasteiger partial charge in [0, 0.05) is 50.0 Å². The maximum Gasteiger partial charge on any atom is 0.252 e. The molecule has 0 unspecified atom stereocenters. The van der Waals surface area contributed by atoms with Crippen LogP contribution in [0.1, 0.15) is 27.2 Å². The number of amides is 1. The number of anilines is 1. The average molecular weight is 390 g/mol. The second kappa shape index (κ2) is 8.17. The molecule has 0 aliphatic carbocycles. The molecule has 1 aromatic carbocycles. The summed E-state index contributed by atoms with van der Waals surface area (Å²) in [6.07, 6.45) is 1.86. The van der Waals surface area contributed by atoms with Crippen LogP contribution in [0, 0.1) is 13.8 Å². The van der Waals surface area contributed by atoms with E-state index in [1.165, 1.54) is 0 Å². The Bertz CT molecular complexity index is 1020. The summed E-state index contributed by atoms with van der Waals surface area (Å²) in [7, 11) is 2.14. The Morgan fingerprint density at radius 2 is 1.86 bits per heavy atom. The minimum atomic E-state index is -0.0887. The van der Waals surface area contributed by atoms with Crippen molar-refractivity contribution in [3.63, 3.8) is 0 Å². The molecule has 1 saturated heterocycles.